The number of nitrogens with zero attached hydrogens (tertiary/aromatic N) is 1. The highest BCUT2D eigenvalue weighted by atomic mass is 32.2. The number of sulfonamides is 1. The van der Waals surface area contributed by atoms with E-state index in [4.69, 9.17) is 4.74 Å². The van der Waals surface area contributed by atoms with E-state index in [-0.39, 0.29) is 17.2 Å². The van der Waals surface area contributed by atoms with Crippen LogP contribution < -0.4 is 4.72 Å². The highest BCUT2D eigenvalue weighted by molar-refractivity contribution is 7.89. The zero-order valence-electron chi connectivity index (χ0n) is 9.06. The zero-order chi connectivity index (χ0) is 11.6. The molecule has 2 heterocycles. The number of nitrogens with one attached hydrogen (secondary N) is 2. The van der Waals surface area contributed by atoms with Gasteiger partial charge in [0, 0.05) is 13.2 Å². The molecule has 90 valence electrons. The minimum absolute atomic E-state index is 0.0779. The average Bonchev–Trinajstić information content (AvgIpc) is 2.86. The summed E-state index contributed by atoms with van der Waals surface area (Å²) in [4.78, 5) is 6.24. The van der Waals surface area contributed by atoms with Crippen LogP contribution in [-0.2, 0) is 14.8 Å². The van der Waals surface area contributed by atoms with Gasteiger partial charge < -0.3 is 9.72 Å². The Labute approximate surface area is 94.5 Å². The molecule has 1 atom stereocenters. The van der Waals surface area contributed by atoms with Gasteiger partial charge in [0.25, 0.3) is 10.0 Å². The van der Waals surface area contributed by atoms with Gasteiger partial charge in [0.05, 0.1) is 18.1 Å². The smallest absolute Gasteiger partial charge is 0.257 e. The predicted octanol–water partition coefficient (Wildman–Crippen LogP) is 0.257. The molecular formula is C9H15N3O3S. The van der Waals surface area contributed by atoms with E-state index >= 15 is 0 Å². The fourth-order valence-electron chi connectivity index (χ4n) is 1.69. The Balaban J connectivity index is 2.00. The Morgan fingerprint density at radius 2 is 2.50 bits per heavy atom. The van der Waals surface area contributed by atoms with E-state index < -0.39 is 10.0 Å². The summed E-state index contributed by atoms with van der Waals surface area (Å²) in [5.74, 6) is 0. The Bertz CT molecular complexity index is 435. The first-order valence-electron chi connectivity index (χ1n) is 5.14. The summed E-state index contributed by atoms with van der Waals surface area (Å²) in [5.41, 5.74) is -0.382. The predicted molar refractivity (Wildman–Crippen MR) is 57.4 cm³/mol. The summed E-state index contributed by atoms with van der Waals surface area (Å²) in [6, 6.07) is 0. The van der Waals surface area contributed by atoms with Crippen molar-refractivity contribution < 1.29 is 13.2 Å². The molecule has 0 bridgehead atoms. The molecule has 1 saturated heterocycles. The molecule has 6 nitrogen and oxygen atoms in total. The first kappa shape index (κ1) is 11.6. The lowest BCUT2D eigenvalue weighted by Crippen LogP contribution is -2.40. The molecule has 1 fully saturated rings. The molecule has 1 unspecified atom stereocenters. The molecule has 1 aromatic rings. The maximum atomic E-state index is 11.8. The van der Waals surface area contributed by atoms with E-state index in [1.165, 1.54) is 12.5 Å². The van der Waals surface area contributed by atoms with Gasteiger partial charge in [-0.25, -0.2) is 18.1 Å². The van der Waals surface area contributed by atoms with Crippen molar-refractivity contribution in [3.8, 4) is 0 Å². The lowest BCUT2D eigenvalue weighted by molar-refractivity contribution is 0.0250. The van der Waals surface area contributed by atoms with Crippen LogP contribution in [-0.4, -0.2) is 37.1 Å². The number of hydrogen-bond donors (Lipinski definition) is 2. The van der Waals surface area contributed by atoms with Crippen molar-refractivity contribution in [2.24, 2.45) is 0 Å². The van der Waals surface area contributed by atoms with Crippen LogP contribution in [0.3, 0.4) is 0 Å². The van der Waals surface area contributed by atoms with E-state index in [1.54, 1.807) is 0 Å². The maximum absolute atomic E-state index is 11.8. The maximum Gasteiger partial charge on any atom is 0.257 e. The van der Waals surface area contributed by atoms with Crippen LogP contribution in [0.2, 0.25) is 0 Å². The Hall–Kier alpha value is -0.920. The van der Waals surface area contributed by atoms with Crippen LogP contribution in [0.4, 0.5) is 0 Å². The largest absolute Gasteiger partial charge is 0.374 e. The van der Waals surface area contributed by atoms with Crippen molar-refractivity contribution in [1.82, 2.24) is 14.7 Å². The van der Waals surface area contributed by atoms with Crippen molar-refractivity contribution >= 4 is 10.0 Å². The molecule has 2 rings (SSSR count). The number of imidazole rings is 1. The Kier molecular flexibility index (Phi) is 3.00. The molecule has 1 aliphatic heterocycles. The van der Waals surface area contributed by atoms with Crippen molar-refractivity contribution in [3.63, 3.8) is 0 Å². The lowest BCUT2D eigenvalue weighted by Gasteiger charge is -2.22. The van der Waals surface area contributed by atoms with Gasteiger partial charge in [-0.15, -0.1) is 0 Å². The SMILES string of the molecule is CC1(CNS(=O)(=O)c2cnc[nH]2)CCCO1. The molecule has 0 amide bonds. The Morgan fingerprint density at radius 1 is 1.69 bits per heavy atom. The van der Waals surface area contributed by atoms with E-state index in [1.807, 2.05) is 6.92 Å². The molecule has 16 heavy (non-hydrogen) atoms. The topological polar surface area (TPSA) is 84.1 Å². The van der Waals surface area contributed by atoms with E-state index in [2.05, 4.69) is 14.7 Å². The number of aromatic nitrogens is 2. The van der Waals surface area contributed by atoms with Crippen LogP contribution in [0, 0.1) is 0 Å². The van der Waals surface area contributed by atoms with Crippen molar-refractivity contribution in [1.29, 1.82) is 0 Å². The summed E-state index contributed by atoms with van der Waals surface area (Å²) in [7, 11) is -3.49. The van der Waals surface area contributed by atoms with Gasteiger partial charge in [-0.1, -0.05) is 0 Å². The number of ether oxygens (including phenoxy) is 1. The molecule has 1 aromatic heterocycles. The standard InChI is InChI=1S/C9H15N3O3S/c1-9(3-2-4-15-9)6-12-16(13,14)8-5-10-7-11-8/h5,7,12H,2-4,6H2,1H3,(H,10,11). The minimum atomic E-state index is -3.49. The summed E-state index contributed by atoms with van der Waals surface area (Å²) in [6.07, 6.45) is 4.46. The molecule has 7 heteroatoms. The fraction of sp³-hybridized carbons (Fsp3) is 0.667. The van der Waals surface area contributed by atoms with Gasteiger partial charge >= 0.3 is 0 Å². The molecule has 0 aliphatic carbocycles. The van der Waals surface area contributed by atoms with Crippen LogP contribution in [0.1, 0.15) is 19.8 Å². The van der Waals surface area contributed by atoms with E-state index in [0.717, 1.165) is 12.8 Å². The highest BCUT2D eigenvalue weighted by Crippen LogP contribution is 2.24. The van der Waals surface area contributed by atoms with Gasteiger partial charge in [-0.3, -0.25) is 0 Å². The third kappa shape index (κ3) is 2.42. The second-order valence-corrected chi connectivity index (χ2v) is 5.88. The summed E-state index contributed by atoms with van der Waals surface area (Å²) in [6.45, 7) is 2.89. The summed E-state index contributed by atoms with van der Waals surface area (Å²) in [5, 5.41) is 0.0779. The van der Waals surface area contributed by atoms with Gasteiger partial charge in [0.2, 0.25) is 0 Å². The van der Waals surface area contributed by atoms with Gasteiger partial charge in [-0.05, 0) is 19.8 Å². The zero-order valence-corrected chi connectivity index (χ0v) is 9.88. The van der Waals surface area contributed by atoms with Crippen molar-refractivity contribution in [2.45, 2.75) is 30.4 Å². The first-order chi connectivity index (χ1) is 7.52. The second-order valence-electron chi connectivity index (χ2n) is 4.14. The van der Waals surface area contributed by atoms with Crippen LogP contribution in [0.5, 0.6) is 0 Å². The molecule has 2 N–H and O–H groups in total. The molecular weight excluding hydrogens is 230 g/mol. The third-order valence-corrected chi connectivity index (χ3v) is 4.03. The van der Waals surface area contributed by atoms with E-state index in [0.29, 0.717) is 6.61 Å². The minimum Gasteiger partial charge on any atom is -0.374 e. The van der Waals surface area contributed by atoms with Gasteiger partial charge in [-0.2, -0.15) is 0 Å². The molecule has 0 radical (unpaired) electrons. The van der Waals surface area contributed by atoms with Crippen LogP contribution in [0.25, 0.3) is 0 Å². The number of aromatic amines is 1. The average molecular weight is 245 g/mol. The quantitative estimate of drug-likeness (QED) is 0.796. The van der Waals surface area contributed by atoms with Gasteiger partial charge in [0.1, 0.15) is 0 Å². The number of H-pyrrole nitrogens is 1. The first-order valence-corrected chi connectivity index (χ1v) is 6.62. The van der Waals surface area contributed by atoms with E-state index in [9.17, 15) is 8.42 Å². The normalized spacial score (nSPS) is 26.1. The van der Waals surface area contributed by atoms with Crippen molar-refractivity contribution in [2.75, 3.05) is 13.2 Å². The Morgan fingerprint density at radius 3 is 3.06 bits per heavy atom. The number of rotatable bonds is 4. The van der Waals surface area contributed by atoms with Gasteiger partial charge in [0.15, 0.2) is 5.03 Å². The number of hydrogen-bond acceptors (Lipinski definition) is 4. The monoisotopic (exact) mass is 245 g/mol. The van der Waals surface area contributed by atoms with Crippen LogP contribution in [0.15, 0.2) is 17.6 Å². The van der Waals surface area contributed by atoms with Crippen molar-refractivity contribution in [3.05, 3.63) is 12.5 Å². The second kappa shape index (κ2) is 4.15. The molecule has 0 spiro atoms. The highest BCUT2D eigenvalue weighted by Gasteiger charge is 2.31. The molecule has 1 aliphatic rings. The molecule has 0 saturated carbocycles. The lowest BCUT2D eigenvalue weighted by atomic mass is 10.0. The summed E-state index contributed by atoms with van der Waals surface area (Å²) < 4.78 is 31.5. The molecule has 0 aromatic carbocycles. The third-order valence-electron chi connectivity index (χ3n) is 2.70. The summed E-state index contributed by atoms with van der Waals surface area (Å²) >= 11 is 0. The van der Waals surface area contributed by atoms with Crippen LogP contribution >= 0.6 is 0 Å². The fourth-order valence-corrected chi connectivity index (χ4v) is 2.75.